The molecule has 1 aliphatic heterocycles. The first-order valence-corrected chi connectivity index (χ1v) is 11.8. The number of carbonyl (C=O) groups is 2. The summed E-state index contributed by atoms with van der Waals surface area (Å²) in [6.45, 7) is 3.04. The zero-order valence-corrected chi connectivity index (χ0v) is 19.1. The number of carbonyl (C=O) groups excluding carboxylic acids is 2. The molecule has 0 aromatic heterocycles. The van der Waals surface area contributed by atoms with Gasteiger partial charge in [0.15, 0.2) is 0 Å². The number of fused-ring (bicyclic) bond motifs is 1. The normalized spacial score (nSPS) is 14.0. The SMILES string of the molecule is Cc1ccc(NC(=O)CN2c3ccccc3N(CC(=O)Nc3ccc(C)cc3)S2(=O)=O)cc1. The van der Waals surface area contributed by atoms with Gasteiger partial charge in [0.05, 0.1) is 11.4 Å². The molecule has 0 saturated carbocycles. The average molecular weight is 465 g/mol. The van der Waals surface area contributed by atoms with Crippen LogP contribution in [0.3, 0.4) is 0 Å². The Morgan fingerprint density at radius 3 is 1.39 bits per heavy atom. The Bertz CT molecular complexity index is 1190. The molecule has 3 aromatic rings. The molecule has 0 aliphatic carbocycles. The lowest BCUT2D eigenvalue weighted by atomic mass is 10.2. The van der Waals surface area contributed by atoms with Crippen LogP contribution in [0.2, 0.25) is 0 Å². The maximum atomic E-state index is 13.3. The van der Waals surface area contributed by atoms with E-state index in [0.29, 0.717) is 22.7 Å². The Balaban J connectivity index is 1.52. The smallest absolute Gasteiger partial charge is 0.325 e. The third-order valence-corrected chi connectivity index (χ3v) is 6.99. The molecule has 170 valence electrons. The molecular weight excluding hydrogens is 440 g/mol. The summed E-state index contributed by atoms with van der Waals surface area (Å²) < 4.78 is 28.7. The van der Waals surface area contributed by atoms with Gasteiger partial charge in [-0.2, -0.15) is 8.42 Å². The van der Waals surface area contributed by atoms with Gasteiger partial charge in [-0.05, 0) is 50.2 Å². The maximum absolute atomic E-state index is 13.3. The molecule has 0 fully saturated rings. The van der Waals surface area contributed by atoms with Crippen LogP contribution in [-0.4, -0.2) is 33.3 Å². The molecule has 2 N–H and O–H groups in total. The standard InChI is InChI=1S/C24H24N4O4S/c1-17-7-11-19(12-8-17)25-23(29)15-27-21-5-3-4-6-22(21)28(33(27,31)32)16-24(30)26-20-13-9-18(2)10-14-20/h3-14H,15-16H2,1-2H3,(H,25,29)(H,26,30). The minimum absolute atomic E-state index is 0.347. The number of anilines is 4. The second-order valence-electron chi connectivity index (χ2n) is 7.84. The van der Waals surface area contributed by atoms with E-state index in [1.54, 1.807) is 48.5 Å². The molecule has 1 heterocycles. The van der Waals surface area contributed by atoms with Crippen LogP contribution in [-0.2, 0) is 19.8 Å². The number of aryl methyl sites for hydroxylation is 2. The number of para-hydroxylation sites is 2. The molecule has 0 saturated heterocycles. The first kappa shape index (κ1) is 22.3. The predicted octanol–water partition coefficient (Wildman–Crippen LogP) is 3.45. The monoisotopic (exact) mass is 464 g/mol. The van der Waals surface area contributed by atoms with Crippen molar-refractivity contribution in [2.45, 2.75) is 13.8 Å². The molecule has 1 aliphatic rings. The molecule has 0 unspecified atom stereocenters. The quantitative estimate of drug-likeness (QED) is 0.584. The van der Waals surface area contributed by atoms with Crippen molar-refractivity contribution in [1.29, 1.82) is 0 Å². The van der Waals surface area contributed by atoms with Crippen molar-refractivity contribution < 1.29 is 18.0 Å². The molecule has 8 nitrogen and oxygen atoms in total. The van der Waals surface area contributed by atoms with Crippen molar-refractivity contribution in [2.24, 2.45) is 0 Å². The molecule has 0 spiro atoms. The number of nitrogens with zero attached hydrogens (tertiary/aromatic N) is 2. The Morgan fingerprint density at radius 1 is 0.667 bits per heavy atom. The summed E-state index contributed by atoms with van der Waals surface area (Å²) in [6.07, 6.45) is 0. The van der Waals surface area contributed by atoms with E-state index in [1.807, 2.05) is 38.1 Å². The fourth-order valence-electron chi connectivity index (χ4n) is 3.52. The van der Waals surface area contributed by atoms with Gasteiger partial charge >= 0.3 is 10.2 Å². The zero-order valence-electron chi connectivity index (χ0n) is 18.3. The van der Waals surface area contributed by atoms with Crippen molar-refractivity contribution in [3.05, 3.63) is 83.9 Å². The Labute approximate surface area is 193 Å². The van der Waals surface area contributed by atoms with Gasteiger partial charge in [-0.3, -0.25) is 9.59 Å². The summed E-state index contributed by atoms with van der Waals surface area (Å²) in [5, 5.41) is 5.43. The van der Waals surface area contributed by atoms with Crippen molar-refractivity contribution in [3.63, 3.8) is 0 Å². The number of nitrogens with one attached hydrogen (secondary N) is 2. The number of hydrogen-bond donors (Lipinski definition) is 2. The van der Waals surface area contributed by atoms with Gasteiger partial charge < -0.3 is 10.6 Å². The molecule has 0 radical (unpaired) electrons. The Kier molecular flexibility index (Phi) is 6.06. The summed E-state index contributed by atoms with van der Waals surface area (Å²) in [5.74, 6) is -0.966. The first-order valence-electron chi connectivity index (χ1n) is 10.4. The van der Waals surface area contributed by atoms with Gasteiger partial charge in [-0.15, -0.1) is 0 Å². The van der Waals surface area contributed by atoms with E-state index >= 15 is 0 Å². The van der Waals surface area contributed by atoms with E-state index in [1.165, 1.54) is 0 Å². The van der Waals surface area contributed by atoms with Crippen LogP contribution in [0.15, 0.2) is 72.8 Å². The van der Waals surface area contributed by atoms with Crippen molar-refractivity contribution in [1.82, 2.24) is 0 Å². The zero-order chi connectivity index (χ0) is 23.6. The second-order valence-corrected chi connectivity index (χ2v) is 9.62. The van der Waals surface area contributed by atoms with E-state index in [2.05, 4.69) is 10.6 Å². The molecule has 9 heteroatoms. The third-order valence-electron chi connectivity index (χ3n) is 5.22. The van der Waals surface area contributed by atoms with E-state index in [0.717, 1.165) is 19.7 Å². The minimum atomic E-state index is -4.13. The highest BCUT2D eigenvalue weighted by atomic mass is 32.2. The van der Waals surface area contributed by atoms with E-state index in [4.69, 9.17) is 0 Å². The minimum Gasteiger partial charge on any atom is -0.325 e. The van der Waals surface area contributed by atoms with Crippen molar-refractivity contribution in [2.75, 3.05) is 32.3 Å². The molecule has 2 amide bonds. The van der Waals surface area contributed by atoms with Gasteiger partial charge in [-0.25, -0.2) is 8.61 Å². The fourth-order valence-corrected chi connectivity index (χ4v) is 5.13. The number of amides is 2. The van der Waals surface area contributed by atoms with Crippen LogP contribution in [0.4, 0.5) is 22.7 Å². The van der Waals surface area contributed by atoms with Crippen LogP contribution in [0.5, 0.6) is 0 Å². The Hall–Kier alpha value is -3.85. The van der Waals surface area contributed by atoms with Crippen molar-refractivity contribution in [3.8, 4) is 0 Å². The molecular formula is C24H24N4O4S. The molecule has 3 aromatic carbocycles. The van der Waals surface area contributed by atoms with Crippen LogP contribution >= 0.6 is 0 Å². The summed E-state index contributed by atoms with van der Waals surface area (Å²) in [4.78, 5) is 25.3. The van der Waals surface area contributed by atoms with Crippen LogP contribution in [0, 0.1) is 13.8 Å². The largest absolute Gasteiger partial charge is 0.327 e. The number of hydrogen-bond acceptors (Lipinski definition) is 4. The molecule has 0 bridgehead atoms. The molecule has 4 rings (SSSR count). The summed E-state index contributed by atoms with van der Waals surface area (Å²) >= 11 is 0. The summed E-state index contributed by atoms with van der Waals surface area (Å²) in [5.41, 5.74) is 3.93. The highest BCUT2D eigenvalue weighted by molar-refractivity contribution is 7.94. The highest BCUT2D eigenvalue weighted by Crippen LogP contribution is 2.40. The summed E-state index contributed by atoms with van der Waals surface area (Å²) in [6, 6.07) is 21.0. The van der Waals surface area contributed by atoms with Crippen LogP contribution in [0.1, 0.15) is 11.1 Å². The molecule has 0 atom stereocenters. The highest BCUT2D eigenvalue weighted by Gasteiger charge is 2.41. The first-order chi connectivity index (χ1) is 15.7. The number of rotatable bonds is 6. The lowest BCUT2D eigenvalue weighted by Crippen LogP contribution is -2.44. The number of benzene rings is 3. The van der Waals surface area contributed by atoms with Gasteiger partial charge in [0, 0.05) is 11.4 Å². The van der Waals surface area contributed by atoms with Crippen LogP contribution < -0.4 is 19.2 Å². The van der Waals surface area contributed by atoms with Gasteiger partial charge in [-0.1, -0.05) is 47.5 Å². The van der Waals surface area contributed by atoms with Gasteiger partial charge in [0.1, 0.15) is 13.1 Å². The molecule has 33 heavy (non-hydrogen) atoms. The van der Waals surface area contributed by atoms with Gasteiger partial charge in [0.25, 0.3) is 0 Å². The second kappa shape index (κ2) is 8.95. The lowest BCUT2D eigenvalue weighted by Gasteiger charge is -2.21. The fraction of sp³-hybridized carbons (Fsp3) is 0.167. The van der Waals surface area contributed by atoms with E-state index in [9.17, 15) is 18.0 Å². The predicted molar refractivity (Wildman–Crippen MR) is 130 cm³/mol. The van der Waals surface area contributed by atoms with Gasteiger partial charge in [0.2, 0.25) is 11.8 Å². The Morgan fingerprint density at radius 2 is 1.03 bits per heavy atom. The van der Waals surface area contributed by atoms with E-state index in [-0.39, 0.29) is 0 Å². The van der Waals surface area contributed by atoms with Crippen molar-refractivity contribution >= 4 is 44.8 Å². The van der Waals surface area contributed by atoms with E-state index < -0.39 is 35.1 Å². The van der Waals surface area contributed by atoms with Crippen LogP contribution in [0.25, 0.3) is 0 Å². The topological polar surface area (TPSA) is 98.8 Å². The average Bonchev–Trinajstić information content (AvgIpc) is 2.98. The lowest BCUT2D eigenvalue weighted by molar-refractivity contribution is -0.115. The summed E-state index contributed by atoms with van der Waals surface area (Å²) in [7, 11) is -4.13. The third kappa shape index (κ3) is 4.83. The maximum Gasteiger partial charge on any atom is 0.327 e.